The number of nitrogens with one attached hydrogen (secondary N) is 1. The second kappa shape index (κ2) is 9.52. The van der Waals surface area contributed by atoms with Crippen molar-refractivity contribution in [2.75, 3.05) is 18.4 Å². The number of aromatic nitrogens is 3. The van der Waals surface area contributed by atoms with Crippen LogP contribution in [0.1, 0.15) is 74.0 Å². The van der Waals surface area contributed by atoms with Crippen LogP contribution < -0.4 is 5.32 Å². The molecule has 1 aliphatic carbocycles. The fourth-order valence-electron chi connectivity index (χ4n) is 5.23. The highest BCUT2D eigenvalue weighted by atomic mass is 16.2. The Labute approximate surface area is 212 Å². The summed E-state index contributed by atoms with van der Waals surface area (Å²) in [6.45, 7) is 10.8. The van der Waals surface area contributed by atoms with Crippen molar-refractivity contribution in [1.82, 2.24) is 19.7 Å². The summed E-state index contributed by atoms with van der Waals surface area (Å²) in [7, 11) is 0. The number of amides is 2. The van der Waals surface area contributed by atoms with Crippen LogP contribution in [-0.2, 0) is 9.59 Å². The molecule has 1 saturated carbocycles. The highest BCUT2D eigenvalue weighted by molar-refractivity contribution is 5.94. The van der Waals surface area contributed by atoms with Gasteiger partial charge in [0.2, 0.25) is 11.8 Å². The topological polar surface area (TPSA) is 80.1 Å². The molecule has 2 aromatic carbocycles. The third kappa shape index (κ3) is 4.66. The fourth-order valence-corrected chi connectivity index (χ4v) is 5.23. The maximum atomic E-state index is 13.6. The molecule has 1 saturated heterocycles. The molecule has 1 aliphatic heterocycles. The minimum Gasteiger partial charge on any atom is -0.341 e. The molecule has 0 radical (unpaired) electrons. The van der Waals surface area contributed by atoms with Crippen LogP contribution in [0.15, 0.2) is 42.5 Å². The Balaban J connectivity index is 1.49. The van der Waals surface area contributed by atoms with E-state index in [4.69, 9.17) is 0 Å². The summed E-state index contributed by atoms with van der Waals surface area (Å²) in [6, 6.07) is 14.9. The highest BCUT2D eigenvalue weighted by Crippen LogP contribution is 2.43. The lowest BCUT2D eigenvalue weighted by atomic mass is 9.93. The smallest absolute Gasteiger partial charge is 0.230 e. The summed E-state index contributed by atoms with van der Waals surface area (Å²) >= 11 is 0. The van der Waals surface area contributed by atoms with Gasteiger partial charge < -0.3 is 14.8 Å². The van der Waals surface area contributed by atoms with Crippen molar-refractivity contribution in [1.29, 1.82) is 0 Å². The van der Waals surface area contributed by atoms with Crippen LogP contribution in [0.4, 0.5) is 5.69 Å². The molecule has 2 fully saturated rings. The summed E-state index contributed by atoms with van der Waals surface area (Å²) in [5.41, 5.74) is 5.29. The molecule has 0 bridgehead atoms. The Morgan fingerprint density at radius 3 is 2.33 bits per heavy atom. The van der Waals surface area contributed by atoms with E-state index in [1.165, 1.54) is 5.56 Å². The van der Waals surface area contributed by atoms with Gasteiger partial charge in [0.05, 0.1) is 11.8 Å². The fraction of sp³-hybridized carbons (Fsp3) is 0.448. The monoisotopic (exact) mass is 485 g/mol. The first kappa shape index (κ1) is 24.2. The van der Waals surface area contributed by atoms with E-state index in [1.54, 1.807) is 11.8 Å². The average Bonchev–Trinajstić information content (AvgIpc) is 3.42. The minimum atomic E-state index is -0.396. The van der Waals surface area contributed by atoms with Gasteiger partial charge >= 0.3 is 0 Å². The molecule has 0 spiro atoms. The molecule has 3 aromatic rings. The van der Waals surface area contributed by atoms with Gasteiger partial charge in [-0.25, -0.2) is 0 Å². The molecule has 2 amide bonds. The molecule has 188 valence electrons. The van der Waals surface area contributed by atoms with E-state index in [2.05, 4.69) is 64.3 Å². The van der Waals surface area contributed by atoms with Gasteiger partial charge in [-0.2, -0.15) is 0 Å². The molecule has 7 heteroatoms. The summed E-state index contributed by atoms with van der Waals surface area (Å²) in [6.07, 6.45) is 2.15. The summed E-state index contributed by atoms with van der Waals surface area (Å²) in [5, 5.41) is 12.4. The third-order valence-corrected chi connectivity index (χ3v) is 7.54. The molecule has 5 rings (SSSR count). The van der Waals surface area contributed by atoms with Gasteiger partial charge in [-0.1, -0.05) is 55.8 Å². The summed E-state index contributed by atoms with van der Waals surface area (Å²) in [4.78, 5) is 27.7. The number of rotatable bonds is 6. The van der Waals surface area contributed by atoms with E-state index in [1.807, 2.05) is 26.0 Å². The van der Waals surface area contributed by atoms with Crippen molar-refractivity contribution in [2.45, 2.75) is 65.3 Å². The Kier molecular flexibility index (Phi) is 6.41. The SMILES string of the molecule is CC(=O)N1C[C@H](C(=O)Nc2ccc(C)cc2C)[C@@H](c2nnc(-c3ccc(C(C)C)cc3)n2C2CC2)C1. The number of hydrogen-bond donors (Lipinski definition) is 1. The zero-order valence-corrected chi connectivity index (χ0v) is 21.8. The number of anilines is 1. The van der Waals surface area contributed by atoms with Gasteiger partial charge in [-0.3, -0.25) is 9.59 Å². The lowest BCUT2D eigenvalue weighted by Crippen LogP contribution is -2.31. The van der Waals surface area contributed by atoms with Gasteiger partial charge in [-0.05, 0) is 49.8 Å². The van der Waals surface area contributed by atoms with Crippen LogP contribution in [0.3, 0.4) is 0 Å². The number of benzene rings is 2. The largest absolute Gasteiger partial charge is 0.341 e. The van der Waals surface area contributed by atoms with E-state index < -0.39 is 5.92 Å². The lowest BCUT2D eigenvalue weighted by molar-refractivity contribution is -0.128. The molecule has 2 atom stereocenters. The Morgan fingerprint density at radius 2 is 1.72 bits per heavy atom. The Hall–Kier alpha value is -3.48. The van der Waals surface area contributed by atoms with Crippen molar-refractivity contribution in [3.05, 3.63) is 65.0 Å². The van der Waals surface area contributed by atoms with Crippen LogP contribution in [0.5, 0.6) is 0 Å². The zero-order chi connectivity index (χ0) is 25.6. The molecule has 36 heavy (non-hydrogen) atoms. The first-order valence-corrected chi connectivity index (χ1v) is 12.9. The lowest BCUT2D eigenvalue weighted by Gasteiger charge is -2.20. The van der Waals surface area contributed by atoms with E-state index in [0.717, 1.165) is 46.9 Å². The number of nitrogens with zero attached hydrogens (tertiary/aromatic N) is 4. The first-order chi connectivity index (χ1) is 17.2. The predicted octanol–water partition coefficient (Wildman–Crippen LogP) is 5.22. The molecular formula is C29H35N5O2. The van der Waals surface area contributed by atoms with Gasteiger partial charge in [0.1, 0.15) is 5.82 Å². The number of hydrogen-bond acceptors (Lipinski definition) is 4. The van der Waals surface area contributed by atoms with Gasteiger partial charge in [0.25, 0.3) is 0 Å². The van der Waals surface area contributed by atoms with Crippen molar-refractivity contribution < 1.29 is 9.59 Å². The second-order valence-corrected chi connectivity index (χ2v) is 10.7. The van der Waals surface area contributed by atoms with Gasteiger partial charge in [0.15, 0.2) is 5.82 Å². The van der Waals surface area contributed by atoms with Crippen molar-refractivity contribution >= 4 is 17.5 Å². The minimum absolute atomic E-state index is 0.0243. The number of aryl methyl sites for hydroxylation is 2. The quantitative estimate of drug-likeness (QED) is 0.519. The molecule has 2 heterocycles. The van der Waals surface area contributed by atoms with Gasteiger partial charge in [0, 0.05) is 37.3 Å². The van der Waals surface area contributed by atoms with Crippen molar-refractivity contribution in [2.24, 2.45) is 5.92 Å². The van der Waals surface area contributed by atoms with E-state index >= 15 is 0 Å². The standard InChI is InChI=1S/C29H35N5O2/c1-17(2)21-7-9-22(10-8-21)27-31-32-28(34(27)23-11-12-23)24-15-33(20(5)35)16-25(24)29(36)30-26-13-6-18(3)14-19(26)4/h6-10,13-14,17,23-25H,11-12,15-16H2,1-5H3,(H,30,36)/t24-,25-/m0/s1. The van der Waals surface area contributed by atoms with Crippen LogP contribution in [0, 0.1) is 19.8 Å². The molecular weight excluding hydrogens is 450 g/mol. The highest BCUT2D eigenvalue weighted by Gasteiger charge is 2.44. The Bertz CT molecular complexity index is 1290. The molecule has 2 aliphatic rings. The van der Waals surface area contributed by atoms with Crippen molar-refractivity contribution in [3.63, 3.8) is 0 Å². The third-order valence-electron chi connectivity index (χ3n) is 7.54. The van der Waals surface area contributed by atoms with Crippen molar-refractivity contribution in [3.8, 4) is 11.4 Å². The molecule has 1 N–H and O–H groups in total. The van der Waals surface area contributed by atoms with Crippen LogP contribution in [-0.4, -0.2) is 44.6 Å². The second-order valence-electron chi connectivity index (χ2n) is 10.7. The van der Waals surface area contributed by atoms with E-state index in [9.17, 15) is 9.59 Å². The maximum absolute atomic E-state index is 13.6. The molecule has 1 aromatic heterocycles. The van der Waals surface area contributed by atoms with Crippen LogP contribution in [0.2, 0.25) is 0 Å². The number of carbonyl (C=O) groups is 2. The number of carbonyl (C=O) groups excluding carboxylic acids is 2. The molecule has 0 unspecified atom stereocenters. The first-order valence-electron chi connectivity index (χ1n) is 12.9. The zero-order valence-electron chi connectivity index (χ0n) is 21.8. The normalized spacial score (nSPS) is 19.7. The predicted molar refractivity (Wildman–Crippen MR) is 141 cm³/mol. The van der Waals surface area contributed by atoms with E-state index in [-0.39, 0.29) is 17.7 Å². The summed E-state index contributed by atoms with van der Waals surface area (Å²) < 4.78 is 2.23. The molecule has 7 nitrogen and oxygen atoms in total. The average molecular weight is 486 g/mol. The van der Waals surface area contributed by atoms with Gasteiger partial charge in [-0.15, -0.1) is 10.2 Å². The van der Waals surface area contributed by atoms with Crippen LogP contribution >= 0.6 is 0 Å². The maximum Gasteiger partial charge on any atom is 0.230 e. The number of likely N-dealkylation sites (tertiary alicyclic amines) is 1. The van der Waals surface area contributed by atoms with Crippen LogP contribution in [0.25, 0.3) is 11.4 Å². The summed E-state index contributed by atoms with van der Waals surface area (Å²) in [5.74, 6) is 1.41. The Morgan fingerprint density at radius 1 is 1.00 bits per heavy atom. The van der Waals surface area contributed by atoms with E-state index in [0.29, 0.717) is 25.0 Å².